The molecule has 0 radical (unpaired) electrons. The molecule has 19 heavy (non-hydrogen) atoms. The summed E-state index contributed by atoms with van der Waals surface area (Å²) in [6, 6.07) is 4.31. The number of rotatable bonds is 3. The molecule has 1 saturated heterocycles. The van der Waals surface area contributed by atoms with E-state index in [-0.39, 0.29) is 17.1 Å². The maximum absolute atomic E-state index is 13.1. The third-order valence-electron chi connectivity index (χ3n) is 3.67. The molecular weight excluding hydrogens is 311 g/mol. The SMILES string of the molecule is CC1(CNC(=O)c2ccc(F)c(Br)c2)CCNCC1. The standard InChI is InChI=1S/C14H18BrFN2O/c1-14(4-6-17-7-5-14)9-18-13(19)10-2-3-12(16)11(15)8-10/h2-3,8,17H,4-7,9H2,1H3,(H,18,19). The number of benzene rings is 1. The topological polar surface area (TPSA) is 41.1 Å². The molecule has 104 valence electrons. The van der Waals surface area contributed by atoms with Crippen molar-refractivity contribution in [2.24, 2.45) is 5.41 Å². The monoisotopic (exact) mass is 328 g/mol. The molecule has 0 saturated carbocycles. The van der Waals surface area contributed by atoms with Crippen molar-refractivity contribution in [2.45, 2.75) is 19.8 Å². The molecule has 0 spiro atoms. The predicted molar refractivity (Wildman–Crippen MR) is 76.6 cm³/mol. The van der Waals surface area contributed by atoms with E-state index in [0.717, 1.165) is 25.9 Å². The van der Waals surface area contributed by atoms with E-state index in [4.69, 9.17) is 0 Å². The maximum atomic E-state index is 13.1. The second-order valence-corrected chi connectivity index (χ2v) is 6.23. The van der Waals surface area contributed by atoms with Gasteiger partial charge in [0.2, 0.25) is 0 Å². The number of hydrogen-bond donors (Lipinski definition) is 2. The number of hydrogen-bond acceptors (Lipinski definition) is 2. The minimum atomic E-state index is -0.359. The number of halogens is 2. The zero-order valence-corrected chi connectivity index (χ0v) is 12.5. The third kappa shape index (κ3) is 3.76. The van der Waals surface area contributed by atoms with Gasteiger partial charge in [-0.05, 0) is 65.5 Å². The molecule has 1 aliphatic rings. The van der Waals surface area contributed by atoms with E-state index in [1.165, 1.54) is 18.2 Å². The fourth-order valence-corrected chi connectivity index (χ4v) is 2.62. The average molecular weight is 329 g/mol. The number of piperidine rings is 1. The van der Waals surface area contributed by atoms with Crippen molar-refractivity contribution in [3.05, 3.63) is 34.1 Å². The van der Waals surface area contributed by atoms with E-state index in [9.17, 15) is 9.18 Å². The van der Waals surface area contributed by atoms with Crippen LogP contribution in [0.1, 0.15) is 30.1 Å². The summed E-state index contributed by atoms with van der Waals surface area (Å²) in [4.78, 5) is 12.0. The summed E-state index contributed by atoms with van der Waals surface area (Å²) >= 11 is 3.09. The molecule has 2 N–H and O–H groups in total. The fourth-order valence-electron chi connectivity index (χ4n) is 2.24. The van der Waals surface area contributed by atoms with Crippen LogP contribution < -0.4 is 10.6 Å². The lowest BCUT2D eigenvalue weighted by Crippen LogP contribution is -2.42. The Hall–Kier alpha value is -0.940. The fraction of sp³-hybridized carbons (Fsp3) is 0.500. The summed E-state index contributed by atoms with van der Waals surface area (Å²) in [6.07, 6.45) is 2.11. The summed E-state index contributed by atoms with van der Waals surface area (Å²) < 4.78 is 13.4. The summed E-state index contributed by atoms with van der Waals surface area (Å²) in [5.41, 5.74) is 0.629. The molecule has 1 aromatic carbocycles. The number of amides is 1. The highest BCUT2D eigenvalue weighted by atomic mass is 79.9. The second-order valence-electron chi connectivity index (χ2n) is 5.37. The zero-order valence-electron chi connectivity index (χ0n) is 10.9. The summed E-state index contributed by atoms with van der Waals surface area (Å²) in [5.74, 6) is -0.512. The molecule has 2 rings (SSSR count). The highest BCUT2D eigenvalue weighted by molar-refractivity contribution is 9.10. The zero-order chi connectivity index (χ0) is 13.9. The number of nitrogens with one attached hydrogen (secondary N) is 2. The Kier molecular flexibility index (Phi) is 4.58. The van der Waals surface area contributed by atoms with Gasteiger partial charge in [-0.2, -0.15) is 0 Å². The Bertz CT molecular complexity index is 473. The van der Waals surface area contributed by atoms with E-state index in [1.54, 1.807) is 0 Å². The van der Waals surface area contributed by atoms with Crippen LogP contribution in [-0.4, -0.2) is 25.5 Å². The van der Waals surface area contributed by atoms with Crippen LogP contribution in [0.3, 0.4) is 0 Å². The number of carbonyl (C=O) groups is 1. The van der Waals surface area contributed by atoms with E-state index >= 15 is 0 Å². The highest BCUT2D eigenvalue weighted by Crippen LogP contribution is 2.26. The molecule has 5 heteroatoms. The molecule has 0 unspecified atom stereocenters. The predicted octanol–water partition coefficient (Wildman–Crippen LogP) is 2.71. The van der Waals surface area contributed by atoms with Crippen molar-refractivity contribution in [3.63, 3.8) is 0 Å². The van der Waals surface area contributed by atoms with Crippen molar-refractivity contribution < 1.29 is 9.18 Å². The smallest absolute Gasteiger partial charge is 0.251 e. The van der Waals surface area contributed by atoms with Crippen LogP contribution >= 0.6 is 15.9 Å². The van der Waals surface area contributed by atoms with Gasteiger partial charge in [0, 0.05) is 12.1 Å². The van der Waals surface area contributed by atoms with E-state index in [1.807, 2.05) is 0 Å². The van der Waals surface area contributed by atoms with Gasteiger partial charge in [0.05, 0.1) is 4.47 Å². The summed E-state index contributed by atoms with van der Waals surface area (Å²) in [7, 11) is 0. The van der Waals surface area contributed by atoms with Gasteiger partial charge in [0.15, 0.2) is 0 Å². The Morgan fingerprint density at radius 1 is 1.47 bits per heavy atom. The second kappa shape index (κ2) is 6.01. The van der Waals surface area contributed by atoms with Gasteiger partial charge in [-0.15, -0.1) is 0 Å². The normalized spacial score (nSPS) is 18.1. The molecule has 1 heterocycles. The van der Waals surface area contributed by atoms with Crippen molar-refractivity contribution >= 4 is 21.8 Å². The van der Waals surface area contributed by atoms with Gasteiger partial charge < -0.3 is 10.6 Å². The molecule has 1 amide bonds. The van der Waals surface area contributed by atoms with Gasteiger partial charge in [-0.25, -0.2) is 4.39 Å². The van der Waals surface area contributed by atoms with Crippen molar-refractivity contribution in [1.82, 2.24) is 10.6 Å². The molecule has 1 aliphatic heterocycles. The van der Waals surface area contributed by atoms with Gasteiger partial charge in [0.1, 0.15) is 5.82 Å². The van der Waals surface area contributed by atoms with Crippen molar-refractivity contribution in [1.29, 1.82) is 0 Å². The van der Waals surface area contributed by atoms with Crippen molar-refractivity contribution in [2.75, 3.05) is 19.6 Å². The van der Waals surface area contributed by atoms with Gasteiger partial charge in [0.25, 0.3) is 5.91 Å². The lowest BCUT2D eigenvalue weighted by atomic mass is 9.81. The average Bonchev–Trinajstić information content (AvgIpc) is 2.40. The van der Waals surface area contributed by atoms with Crippen LogP contribution in [0.5, 0.6) is 0 Å². The first-order chi connectivity index (χ1) is 9.00. The largest absolute Gasteiger partial charge is 0.351 e. The van der Waals surface area contributed by atoms with Crippen LogP contribution in [0.4, 0.5) is 4.39 Å². The molecule has 0 bridgehead atoms. The molecule has 1 aromatic rings. The Labute approximate surface area is 121 Å². The molecular formula is C14H18BrFN2O. The van der Waals surface area contributed by atoms with Gasteiger partial charge >= 0.3 is 0 Å². The first-order valence-electron chi connectivity index (χ1n) is 6.44. The van der Waals surface area contributed by atoms with E-state index in [2.05, 4.69) is 33.5 Å². The van der Waals surface area contributed by atoms with E-state index in [0.29, 0.717) is 16.6 Å². The van der Waals surface area contributed by atoms with Gasteiger partial charge in [-0.3, -0.25) is 4.79 Å². The van der Waals surface area contributed by atoms with Crippen molar-refractivity contribution in [3.8, 4) is 0 Å². The summed E-state index contributed by atoms with van der Waals surface area (Å²) in [5, 5.41) is 6.26. The van der Waals surface area contributed by atoms with E-state index < -0.39 is 0 Å². The van der Waals surface area contributed by atoms with Crippen LogP contribution in [0, 0.1) is 11.2 Å². The Morgan fingerprint density at radius 2 is 2.16 bits per heavy atom. The summed E-state index contributed by atoms with van der Waals surface area (Å²) in [6.45, 7) is 4.83. The minimum Gasteiger partial charge on any atom is -0.351 e. The number of carbonyl (C=O) groups excluding carboxylic acids is 1. The van der Waals surface area contributed by atoms with Crippen LogP contribution in [0.2, 0.25) is 0 Å². The molecule has 0 atom stereocenters. The minimum absolute atomic E-state index is 0.151. The van der Waals surface area contributed by atoms with Crippen LogP contribution in [0.15, 0.2) is 22.7 Å². The van der Waals surface area contributed by atoms with Crippen LogP contribution in [0.25, 0.3) is 0 Å². The van der Waals surface area contributed by atoms with Gasteiger partial charge in [-0.1, -0.05) is 6.92 Å². The van der Waals surface area contributed by atoms with Crippen LogP contribution in [-0.2, 0) is 0 Å². The maximum Gasteiger partial charge on any atom is 0.251 e. The molecule has 0 aliphatic carbocycles. The quantitative estimate of drug-likeness (QED) is 0.895. The first-order valence-corrected chi connectivity index (χ1v) is 7.23. The Morgan fingerprint density at radius 3 is 2.79 bits per heavy atom. The Balaban J connectivity index is 1.95. The molecule has 1 fully saturated rings. The third-order valence-corrected chi connectivity index (χ3v) is 4.28. The first kappa shape index (κ1) is 14.5. The molecule has 3 nitrogen and oxygen atoms in total. The lowest BCUT2D eigenvalue weighted by molar-refractivity contribution is 0.0922. The molecule has 0 aromatic heterocycles. The lowest BCUT2D eigenvalue weighted by Gasteiger charge is -2.34. The highest BCUT2D eigenvalue weighted by Gasteiger charge is 2.27.